The van der Waals surface area contributed by atoms with Crippen LogP contribution in [-0.2, 0) is 14.8 Å². The SMILES string of the molecule is Cc1cncc(S(=O)(=O)NC2CCC3(CC2)COC(C)(C)C3)n1. The predicted molar refractivity (Wildman–Crippen MR) is 86.4 cm³/mol. The van der Waals surface area contributed by atoms with Crippen LogP contribution in [0.4, 0.5) is 0 Å². The Morgan fingerprint density at radius 1 is 1.26 bits per heavy atom. The maximum absolute atomic E-state index is 12.4. The van der Waals surface area contributed by atoms with E-state index in [2.05, 4.69) is 28.5 Å². The van der Waals surface area contributed by atoms with Crippen LogP contribution in [0.1, 0.15) is 51.6 Å². The van der Waals surface area contributed by atoms with Gasteiger partial charge in [0.25, 0.3) is 10.0 Å². The lowest BCUT2D eigenvalue weighted by atomic mass is 9.70. The van der Waals surface area contributed by atoms with E-state index in [1.807, 2.05) is 0 Å². The van der Waals surface area contributed by atoms with Crippen molar-refractivity contribution in [3.63, 3.8) is 0 Å². The standard InChI is InChI=1S/C16H25N3O3S/c1-12-8-17-9-14(18-12)23(20,21)19-13-4-6-16(7-5-13)10-15(2,3)22-11-16/h8-9,13,19H,4-7,10-11H2,1-3H3. The second-order valence-electron chi connectivity index (χ2n) is 7.62. The first-order chi connectivity index (χ1) is 10.7. The summed E-state index contributed by atoms with van der Waals surface area (Å²) in [5.74, 6) is 0. The molecule has 0 unspecified atom stereocenters. The molecule has 3 rings (SSSR count). The van der Waals surface area contributed by atoms with E-state index in [-0.39, 0.29) is 22.1 Å². The summed E-state index contributed by atoms with van der Waals surface area (Å²) in [6.45, 7) is 6.79. The van der Waals surface area contributed by atoms with E-state index in [9.17, 15) is 8.42 Å². The van der Waals surface area contributed by atoms with Crippen molar-refractivity contribution < 1.29 is 13.2 Å². The number of rotatable bonds is 3. The largest absolute Gasteiger partial charge is 0.375 e. The highest BCUT2D eigenvalue weighted by Crippen LogP contribution is 2.48. The number of ether oxygens (including phenoxy) is 1. The van der Waals surface area contributed by atoms with Gasteiger partial charge in [-0.25, -0.2) is 18.1 Å². The molecule has 0 aromatic carbocycles. The van der Waals surface area contributed by atoms with Gasteiger partial charge in [-0.2, -0.15) is 0 Å². The van der Waals surface area contributed by atoms with Crippen LogP contribution in [-0.4, -0.2) is 36.6 Å². The highest BCUT2D eigenvalue weighted by molar-refractivity contribution is 7.89. The number of nitrogens with zero attached hydrogens (tertiary/aromatic N) is 2. The van der Waals surface area contributed by atoms with Gasteiger partial charge in [0.1, 0.15) is 0 Å². The van der Waals surface area contributed by atoms with E-state index in [1.54, 1.807) is 13.1 Å². The van der Waals surface area contributed by atoms with Crippen LogP contribution in [0.2, 0.25) is 0 Å². The summed E-state index contributed by atoms with van der Waals surface area (Å²) in [5, 5.41) is 0.00289. The Balaban J connectivity index is 1.63. The summed E-state index contributed by atoms with van der Waals surface area (Å²) in [6.07, 6.45) is 7.60. The second-order valence-corrected chi connectivity index (χ2v) is 9.28. The Morgan fingerprint density at radius 3 is 2.52 bits per heavy atom. The van der Waals surface area contributed by atoms with Crippen LogP contribution in [0.25, 0.3) is 0 Å². The molecule has 1 aliphatic carbocycles. The van der Waals surface area contributed by atoms with Crippen molar-refractivity contribution >= 4 is 10.0 Å². The Labute approximate surface area is 138 Å². The quantitative estimate of drug-likeness (QED) is 0.913. The first-order valence-corrected chi connectivity index (χ1v) is 9.63. The molecule has 1 N–H and O–H groups in total. The van der Waals surface area contributed by atoms with Gasteiger partial charge >= 0.3 is 0 Å². The molecule has 0 radical (unpaired) electrons. The van der Waals surface area contributed by atoms with Gasteiger partial charge < -0.3 is 4.74 Å². The summed E-state index contributed by atoms with van der Waals surface area (Å²) < 4.78 is 33.6. The smallest absolute Gasteiger partial charge is 0.259 e. The average Bonchev–Trinajstić information content (AvgIpc) is 2.77. The molecule has 7 heteroatoms. The molecule has 2 fully saturated rings. The van der Waals surface area contributed by atoms with Gasteiger partial charge in [-0.3, -0.25) is 4.98 Å². The fourth-order valence-electron chi connectivity index (χ4n) is 3.87. The van der Waals surface area contributed by atoms with Crippen molar-refractivity contribution in [3.8, 4) is 0 Å². The lowest BCUT2D eigenvalue weighted by Crippen LogP contribution is -2.41. The molecule has 1 saturated carbocycles. The zero-order chi connectivity index (χ0) is 16.7. The van der Waals surface area contributed by atoms with Gasteiger partial charge in [-0.15, -0.1) is 0 Å². The molecular formula is C16H25N3O3S. The zero-order valence-electron chi connectivity index (χ0n) is 14.0. The number of nitrogens with one attached hydrogen (secondary N) is 1. The van der Waals surface area contributed by atoms with Gasteiger partial charge in [-0.1, -0.05) is 0 Å². The van der Waals surface area contributed by atoms with E-state index < -0.39 is 10.0 Å². The summed E-state index contributed by atoms with van der Waals surface area (Å²) in [4.78, 5) is 7.99. The van der Waals surface area contributed by atoms with Crippen LogP contribution in [0, 0.1) is 12.3 Å². The van der Waals surface area contributed by atoms with Gasteiger partial charge in [0.2, 0.25) is 0 Å². The molecular weight excluding hydrogens is 314 g/mol. The maximum Gasteiger partial charge on any atom is 0.259 e. The molecule has 0 atom stereocenters. The zero-order valence-corrected chi connectivity index (χ0v) is 14.8. The van der Waals surface area contributed by atoms with Crippen LogP contribution in [0.15, 0.2) is 17.4 Å². The van der Waals surface area contributed by atoms with Crippen molar-refractivity contribution in [3.05, 3.63) is 18.1 Å². The molecule has 1 aromatic rings. The molecule has 6 nitrogen and oxygen atoms in total. The third-order valence-electron chi connectivity index (χ3n) is 4.95. The average molecular weight is 339 g/mol. The second kappa shape index (κ2) is 5.79. The predicted octanol–water partition coefficient (Wildman–Crippen LogP) is 2.19. The van der Waals surface area contributed by atoms with Crippen molar-refractivity contribution in [2.24, 2.45) is 5.41 Å². The molecule has 0 bridgehead atoms. The van der Waals surface area contributed by atoms with Crippen molar-refractivity contribution in [2.45, 2.75) is 69.5 Å². The molecule has 0 amide bonds. The molecule has 1 spiro atoms. The minimum Gasteiger partial charge on any atom is -0.375 e. The third-order valence-corrected chi connectivity index (χ3v) is 6.34. The van der Waals surface area contributed by atoms with E-state index >= 15 is 0 Å². The monoisotopic (exact) mass is 339 g/mol. The summed E-state index contributed by atoms with van der Waals surface area (Å²) >= 11 is 0. The highest BCUT2D eigenvalue weighted by atomic mass is 32.2. The Bertz CT molecular complexity index is 680. The number of aromatic nitrogens is 2. The molecule has 1 aromatic heterocycles. The normalized spacial score (nSPS) is 30.7. The van der Waals surface area contributed by atoms with Crippen LogP contribution >= 0.6 is 0 Å². The molecule has 2 heterocycles. The molecule has 23 heavy (non-hydrogen) atoms. The fourth-order valence-corrected chi connectivity index (χ4v) is 5.13. The maximum atomic E-state index is 12.4. The van der Waals surface area contributed by atoms with Crippen LogP contribution in [0.5, 0.6) is 0 Å². The van der Waals surface area contributed by atoms with Crippen molar-refractivity contribution in [2.75, 3.05) is 6.61 Å². The number of sulfonamides is 1. The van der Waals surface area contributed by atoms with Crippen LogP contribution < -0.4 is 4.72 Å². The van der Waals surface area contributed by atoms with Crippen molar-refractivity contribution in [1.29, 1.82) is 0 Å². The van der Waals surface area contributed by atoms with E-state index in [4.69, 9.17) is 4.74 Å². The lowest BCUT2D eigenvalue weighted by molar-refractivity contribution is 0.0280. The molecule has 2 aliphatic rings. The molecule has 1 saturated heterocycles. The van der Waals surface area contributed by atoms with Gasteiger partial charge in [0.15, 0.2) is 5.03 Å². The topological polar surface area (TPSA) is 81.2 Å². The van der Waals surface area contributed by atoms with Gasteiger partial charge in [0, 0.05) is 12.2 Å². The fraction of sp³-hybridized carbons (Fsp3) is 0.750. The Kier molecular flexibility index (Phi) is 4.23. The van der Waals surface area contributed by atoms with Crippen LogP contribution in [0.3, 0.4) is 0 Å². The number of hydrogen-bond acceptors (Lipinski definition) is 5. The Morgan fingerprint density at radius 2 is 1.96 bits per heavy atom. The summed E-state index contributed by atoms with van der Waals surface area (Å²) in [6, 6.07) is -0.0309. The molecule has 1 aliphatic heterocycles. The van der Waals surface area contributed by atoms with E-state index in [0.717, 1.165) is 38.7 Å². The van der Waals surface area contributed by atoms with Gasteiger partial charge in [-0.05, 0) is 58.3 Å². The van der Waals surface area contributed by atoms with E-state index in [0.29, 0.717) is 5.69 Å². The summed E-state index contributed by atoms with van der Waals surface area (Å²) in [5.41, 5.74) is 0.777. The highest BCUT2D eigenvalue weighted by Gasteiger charge is 2.46. The molecule has 128 valence electrons. The van der Waals surface area contributed by atoms with E-state index in [1.165, 1.54) is 6.20 Å². The Hall–Kier alpha value is -1.05. The number of hydrogen-bond donors (Lipinski definition) is 1. The minimum atomic E-state index is -3.60. The lowest BCUT2D eigenvalue weighted by Gasteiger charge is -2.36. The van der Waals surface area contributed by atoms with Crippen molar-refractivity contribution in [1.82, 2.24) is 14.7 Å². The minimum absolute atomic E-state index is 0.00289. The van der Waals surface area contributed by atoms with Gasteiger partial charge in [0.05, 0.1) is 24.1 Å². The first-order valence-electron chi connectivity index (χ1n) is 8.15. The number of aryl methyl sites for hydroxylation is 1. The third kappa shape index (κ3) is 3.72. The summed E-state index contributed by atoms with van der Waals surface area (Å²) in [7, 11) is -3.60. The first kappa shape index (κ1) is 16.8.